The average molecular weight is 480 g/mol. The van der Waals surface area contributed by atoms with E-state index in [1.54, 1.807) is 12.1 Å². The third kappa shape index (κ3) is 4.47. The van der Waals surface area contributed by atoms with Crippen molar-refractivity contribution in [3.8, 4) is 0 Å². The number of nitrogens with zero attached hydrogens (tertiary/aromatic N) is 1. The van der Waals surface area contributed by atoms with Gasteiger partial charge in [0.2, 0.25) is 10.0 Å². The van der Waals surface area contributed by atoms with Gasteiger partial charge in [-0.2, -0.15) is 4.31 Å². The lowest BCUT2D eigenvalue weighted by Gasteiger charge is -2.24. The Labute approximate surface area is 159 Å². The first-order valence-electron chi connectivity index (χ1n) is 6.92. The molecule has 0 saturated heterocycles. The molecule has 0 bridgehead atoms. The third-order valence-electron chi connectivity index (χ3n) is 3.56. The summed E-state index contributed by atoms with van der Waals surface area (Å²) in [6, 6.07) is 11.7. The molecule has 2 aromatic carbocycles. The summed E-state index contributed by atoms with van der Waals surface area (Å²) in [5.41, 5.74) is 0.751. The van der Waals surface area contributed by atoms with Gasteiger partial charge in [0, 0.05) is 15.6 Å². The maximum Gasteiger partial charge on any atom is 0.322 e. The summed E-state index contributed by atoms with van der Waals surface area (Å²) in [6.07, 6.45) is 0.0789. The topological polar surface area (TPSA) is 74.7 Å². The van der Waals surface area contributed by atoms with Gasteiger partial charge in [0.05, 0.1) is 4.90 Å². The molecule has 0 spiro atoms. The number of carboxylic acid groups (broad SMARTS) is 1. The lowest BCUT2D eigenvalue weighted by molar-refractivity contribution is -0.141. The van der Waals surface area contributed by atoms with Crippen molar-refractivity contribution < 1.29 is 18.3 Å². The number of hydrogen-bond donors (Lipinski definition) is 1. The van der Waals surface area contributed by atoms with Gasteiger partial charge >= 0.3 is 5.97 Å². The zero-order chi connectivity index (χ0) is 17.9. The molecule has 0 heterocycles. The van der Waals surface area contributed by atoms with Gasteiger partial charge in [-0.05, 0) is 71.0 Å². The summed E-state index contributed by atoms with van der Waals surface area (Å²) in [5, 5.41) is 9.89. The van der Waals surface area contributed by atoms with Crippen LogP contribution in [0.1, 0.15) is 5.56 Å². The molecule has 1 atom stereocenters. The van der Waals surface area contributed by atoms with E-state index >= 15 is 0 Å². The first kappa shape index (κ1) is 19.2. The summed E-state index contributed by atoms with van der Waals surface area (Å²) in [5.74, 6) is -1.20. The first-order chi connectivity index (χ1) is 11.2. The fraction of sp³-hybridized carbons (Fsp3) is 0.188. The Morgan fingerprint density at radius 3 is 2.21 bits per heavy atom. The van der Waals surface area contributed by atoms with Crippen molar-refractivity contribution in [3.63, 3.8) is 0 Å². The molecule has 0 amide bonds. The molecular formula is C16H15ClINO4S. The Bertz CT molecular complexity index is 822. The molecule has 0 fully saturated rings. The summed E-state index contributed by atoms with van der Waals surface area (Å²) in [7, 11) is -2.66. The zero-order valence-corrected chi connectivity index (χ0v) is 16.4. The SMILES string of the molecule is CN([C@H](Cc1ccc(I)cc1)C(=O)O)S(=O)(=O)c1ccc(Cl)cc1. The molecule has 0 aliphatic carbocycles. The van der Waals surface area contributed by atoms with Crippen molar-refractivity contribution in [1.82, 2.24) is 4.31 Å². The van der Waals surface area contributed by atoms with E-state index in [9.17, 15) is 18.3 Å². The van der Waals surface area contributed by atoms with Crippen LogP contribution in [0.25, 0.3) is 0 Å². The summed E-state index contributed by atoms with van der Waals surface area (Å²) in [4.78, 5) is 11.6. The third-order valence-corrected chi connectivity index (χ3v) is 6.41. The second-order valence-electron chi connectivity index (χ2n) is 5.16. The molecule has 5 nitrogen and oxygen atoms in total. The molecule has 0 unspecified atom stereocenters. The Morgan fingerprint density at radius 2 is 1.71 bits per heavy atom. The molecule has 2 rings (SSSR count). The summed E-state index contributed by atoms with van der Waals surface area (Å²) in [6.45, 7) is 0. The first-order valence-corrected chi connectivity index (χ1v) is 9.82. The van der Waals surface area contributed by atoms with Crippen LogP contribution in [0, 0.1) is 3.57 Å². The smallest absolute Gasteiger partial charge is 0.322 e. The Hall–Kier alpha value is -1.16. The van der Waals surface area contributed by atoms with Gasteiger partial charge in [-0.15, -0.1) is 0 Å². The van der Waals surface area contributed by atoms with E-state index in [-0.39, 0.29) is 11.3 Å². The van der Waals surface area contributed by atoms with Gasteiger partial charge in [0.1, 0.15) is 6.04 Å². The van der Waals surface area contributed by atoms with E-state index in [0.29, 0.717) is 5.02 Å². The molecule has 0 saturated carbocycles. The van der Waals surface area contributed by atoms with Gasteiger partial charge in [-0.1, -0.05) is 23.7 Å². The van der Waals surface area contributed by atoms with E-state index < -0.39 is 22.0 Å². The van der Waals surface area contributed by atoms with Gasteiger partial charge in [-0.3, -0.25) is 4.79 Å². The van der Waals surface area contributed by atoms with Crippen LogP contribution in [0.2, 0.25) is 5.02 Å². The Balaban J connectivity index is 2.31. The molecule has 0 radical (unpaired) electrons. The number of aliphatic carboxylic acids is 1. The van der Waals surface area contributed by atoms with Gasteiger partial charge in [0.25, 0.3) is 0 Å². The normalized spacial score (nSPS) is 13.0. The lowest BCUT2D eigenvalue weighted by Crippen LogP contribution is -2.43. The number of likely N-dealkylation sites (N-methyl/N-ethyl adjacent to an activating group) is 1. The van der Waals surface area contributed by atoms with Crippen LogP contribution in [-0.4, -0.2) is 36.9 Å². The van der Waals surface area contributed by atoms with Crippen LogP contribution >= 0.6 is 34.2 Å². The van der Waals surface area contributed by atoms with Crippen LogP contribution in [0.3, 0.4) is 0 Å². The predicted octanol–water partition coefficient (Wildman–Crippen LogP) is 3.26. The van der Waals surface area contributed by atoms with Crippen molar-refractivity contribution in [2.45, 2.75) is 17.4 Å². The molecule has 24 heavy (non-hydrogen) atoms. The summed E-state index contributed by atoms with van der Waals surface area (Å²) >= 11 is 7.92. The standard InChI is InChI=1S/C16H15ClINO4S/c1-19(24(22,23)14-8-4-12(17)5-9-14)15(16(20)21)10-11-2-6-13(18)7-3-11/h2-9,15H,10H2,1H3,(H,20,21)/t15-/m1/s1. The van der Waals surface area contributed by atoms with Crippen LogP contribution in [0.5, 0.6) is 0 Å². The molecule has 0 aromatic heterocycles. The molecule has 2 aromatic rings. The predicted molar refractivity (Wildman–Crippen MR) is 101 cm³/mol. The van der Waals surface area contributed by atoms with E-state index in [4.69, 9.17) is 11.6 Å². The zero-order valence-electron chi connectivity index (χ0n) is 12.7. The molecule has 0 aliphatic heterocycles. The number of benzene rings is 2. The van der Waals surface area contributed by atoms with Crippen LogP contribution in [-0.2, 0) is 21.2 Å². The van der Waals surface area contributed by atoms with Crippen molar-refractivity contribution in [3.05, 3.63) is 62.7 Å². The molecule has 128 valence electrons. The highest BCUT2D eigenvalue weighted by Gasteiger charge is 2.32. The number of hydrogen-bond acceptors (Lipinski definition) is 3. The van der Waals surface area contributed by atoms with Crippen LogP contribution in [0.15, 0.2) is 53.4 Å². The number of halogens is 2. The largest absolute Gasteiger partial charge is 0.480 e. The second kappa shape index (κ2) is 7.81. The average Bonchev–Trinajstić information content (AvgIpc) is 2.53. The van der Waals surface area contributed by atoms with Gasteiger partial charge < -0.3 is 5.11 Å². The second-order valence-corrected chi connectivity index (χ2v) is 8.84. The Kier molecular flexibility index (Phi) is 6.24. The van der Waals surface area contributed by atoms with E-state index in [2.05, 4.69) is 22.6 Å². The van der Waals surface area contributed by atoms with Gasteiger partial charge in [-0.25, -0.2) is 8.42 Å². The minimum Gasteiger partial charge on any atom is -0.480 e. The van der Waals surface area contributed by atoms with Crippen molar-refractivity contribution >= 4 is 50.2 Å². The minimum atomic E-state index is -3.94. The summed E-state index contributed by atoms with van der Waals surface area (Å²) < 4.78 is 27.2. The number of carbonyl (C=O) groups is 1. The highest BCUT2D eigenvalue weighted by Crippen LogP contribution is 2.21. The van der Waals surface area contributed by atoms with E-state index in [1.165, 1.54) is 31.3 Å². The maximum absolute atomic E-state index is 12.7. The minimum absolute atomic E-state index is 0.00302. The fourth-order valence-corrected chi connectivity index (χ4v) is 3.95. The van der Waals surface area contributed by atoms with E-state index in [0.717, 1.165) is 13.4 Å². The number of sulfonamides is 1. The van der Waals surface area contributed by atoms with Crippen LogP contribution < -0.4 is 0 Å². The van der Waals surface area contributed by atoms with Gasteiger partial charge in [0.15, 0.2) is 0 Å². The quantitative estimate of drug-likeness (QED) is 0.646. The highest BCUT2D eigenvalue weighted by molar-refractivity contribution is 14.1. The van der Waals surface area contributed by atoms with Crippen LogP contribution in [0.4, 0.5) is 0 Å². The molecule has 0 aliphatic rings. The molecular weight excluding hydrogens is 465 g/mol. The van der Waals surface area contributed by atoms with E-state index in [1.807, 2.05) is 12.1 Å². The fourth-order valence-electron chi connectivity index (χ4n) is 2.16. The number of rotatable bonds is 6. The molecule has 8 heteroatoms. The monoisotopic (exact) mass is 479 g/mol. The molecule has 1 N–H and O–H groups in total. The lowest BCUT2D eigenvalue weighted by atomic mass is 10.1. The highest BCUT2D eigenvalue weighted by atomic mass is 127. The van der Waals surface area contributed by atoms with Crippen molar-refractivity contribution in [2.75, 3.05) is 7.05 Å². The Morgan fingerprint density at radius 1 is 1.17 bits per heavy atom. The number of carboxylic acids is 1. The van der Waals surface area contributed by atoms with Crippen molar-refractivity contribution in [2.24, 2.45) is 0 Å². The maximum atomic E-state index is 12.7. The van der Waals surface area contributed by atoms with Crippen molar-refractivity contribution in [1.29, 1.82) is 0 Å².